The van der Waals surface area contributed by atoms with Crippen LogP contribution in [0.5, 0.6) is 0 Å². The van der Waals surface area contributed by atoms with Gasteiger partial charge < -0.3 is 14.9 Å². The molecule has 3 nitrogen and oxygen atoms in total. The molecule has 1 atom stereocenters. The molecule has 0 heterocycles. The second-order valence-corrected chi connectivity index (χ2v) is 1.79. The first kappa shape index (κ1) is 8.62. The van der Waals surface area contributed by atoms with Crippen molar-refractivity contribution in [2.24, 2.45) is 0 Å². The van der Waals surface area contributed by atoms with E-state index < -0.39 is 6.29 Å². The fourth-order valence-corrected chi connectivity index (χ4v) is 0.307. The molecule has 0 spiro atoms. The molecule has 0 aliphatic carbocycles. The number of rotatable bonds is 4. The van der Waals surface area contributed by atoms with E-state index in [9.17, 15) is 0 Å². The quantitative estimate of drug-likeness (QED) is 0.414. The van der Waals surface area contributed by atoms with Crippen molar-refractivity contribution in [3.05, 3.63) is 12.2 Å². The zero-order valence-corrected chi connectivity index (χ0v) is 5.50. The van der Waals surface area contributed by atoms with E-state index in [2.05, 4.69) is 11.3 Å². The topological polar surface area (TPSA) is 49.7 Å². The number of aliphatic hydroxyl groups excluding tert-OH is 2. The minimum absolute atomic E-state index is 0.0790. The Morgan fingerprint density at radius 1 is 1.78 bits per heavy atom. The first-order chi connectivity index (χ1) is 4.18. The molecule has 54 valence electrons. The van der Waals surface area contributed by atoms with Gasteiger partial charge in [-0.15, -0.1) is 0 Å². The van der Waals surface area contributed by atoms with Gasteiger partial charge in [-0.1, -0.05) is 6.58 Å². The molecule has 2 N–H and O–H groups in total. The van der Waals surface area contributed by atoms with Crippen LogP contribution in [0.3, 0.4) is 0 Å². The molecule has 0 bridgehead atoms. The Hall–Kier alpha value is -0.380. The van der Waals surface area contributed by atoms with Gasteiger partial charge in [0.25, 0.3) is 0 Å². The highest BCUT2D eigenvalue weighted by atomic mass is 16.6. The number of hydrogen-bond acceptors (Lipinski definition) is 3. The standard InChI is InChI=1S/C6H12O3/c1-5(2)6(8)9-4-3-7/h6-8H,1,3-4H2,2H3. The van der Waals surface area contributed by atoms with Crippen LogP contribution in [0.25, 0.3) is 0 Å². The molecule has 0 aromatic rings. The summed E-state index contributed by atoms with van der Waals surface area (Å²) < 4.78 is 4.66. The zero-order chi connectivity index (χ0) is 7.28. The molecule has 3 heteroatoms. The summed E-state index contributed by atoms with van der Waals surface area (Å²) in [6.07, 6.45) is -0.933. The summed E-state index contributed by atoms with van der Waals surface area (Å²) in [5, 5.41) is 17.1. The lowest BCUT2D eigenvalue weighted by Gasteiger charge is -2.09. The SMILES string of the molecule is C=C(C)C(O)OCCO. The minimum Gasteiger partial charge on any atom is -0.394 e. The summed E-state index contributed by atoms with van der Waals surface area (Å²) in [4.78, 5) is 0. The predicted octanol–water partition coefficient (Wildman–Crippen LogP) is -0.110. The number of aliphatic hydroxyl groups is 2. The van der Waals surface area contributed by atoms with Crippen LogP contribution in [0.4, 0.5) is 0 Å². The summed E-state index contributed by atoms with van der Waals surface area (Å²) in [5.74, 6) is 0. The van der Waals surface area contributed by atoms with Crippen molar-refractivity contribution in [1.29, 1.82) is 0 Å². The third kappa shape index (κ3) is 4.14. The molecule has 0 aromatic carbocycles. The lowest BCUT2D eigenvalue weighted by atomic mass is 10.3. The Morgan fingerprint density at radius 2 is 2.33 bits per heavy atom. The Bertz CT molecular complexity index is 90.3. The molecular formula is C6H12O3. The third-order valence-corrected chi connectivity index (χ3v) is 0.789. The van der Waals surface area contributed by atoms with Crippen molar-refractivity contribution in [2.45, 2.75) is 13.2 Å². The van der Waals surface area contributed by atoms with Crippen LogP contribution in [-0.4, -0.2) is 29.7 Å². The molecule has 0 rings (SSSR count). The molecule has 9 heavy (non-hydrogen) atoms. The molecular weight excluding hydrogens is 120 g/mol. The molecule has 0 saturated heterocycles. The van der Waals surface area contributed by atoms with Crippen LogP contribution in [0.15, 0.2) is 12.2 Å². The Labute approximate surface area is 54.6 Å². The highest BCUT2D eigenvalue weighted by Crippen LogP contribution is 1.97. The maximum Gasteiger partial charge on any atom is 0.176 e. The van der Waals surface area contributed by atoms with Crippen LogP contribution in [-0.2, 0) is 4.74 Å². The van der Waals surface area contributed by atoms with E-state index in [4.69, 9.17) is 10.2 Å². The lowest BCUT2D eigenvalue weighted by Crippen LogP contribution is -2.14. The van der Waals surface area contributed by atoms with Crippen LogP contribution in [0.1, 0.15) is 6.92 Å². The molecule has 0 saturated carbocycles. The highest BCUT2D eigenvalue weighted by molar-refractivity contribution is 4.91. The Morgan fingerprint density at radius 3 is 2.67 bits per heavy atom. The van der Waals surface area contributed by atoms with E-state index in [1.807, 2.05) is 0 Å². The van der Waals surface area contributed by atoms with Crippen molar-refractivity contribution in [2.75, 3.05) is 13.2 Å². The van der Waals surface area contributed by atoms with Gasteiger partial charge in [0.2, 0.25) is 0 Å². The van der Waals surface area contributed by atoms with Crippen molar-refractivity contribution in [3.8, 4) is 0 Å². The van der Waals surface area contributed by atoms with E-state index in [0.717, 1.165) is 0 Å². The van der Waals surface area contributed by atoms with Crippen LogP contribution >= 0.6 is 0 Å². The predicted molar refractivity (Wildman–Crippen MR) is 33.9 cm³/mol. The fraction of sp³-hybridized carbons (Fsp3) is 0.667. The van der Waals surface area contributed by atoms with E-state index >= 15 is 0 Å². The summed E-state index contributed by atoms with van der Waals surface area (Å²) in [6.45, 7) is 5.17. The van der Waals surface area contributed by atoms with Crippen molar-refractivity contribution >= 4 is 0 Å². The van der Waals surface area contributed by atoms with Gasteiger partial charge in [0.15, 0.2) is 6.29 Å². The summed E-state index contributed by atoms with van der Waals surface area (Å²) in [7, 11) is 0. The highest BCUT2D eigenvalue weighted by Gasteiger charge is 2.01. The van der Waals surface area contributed by atoms with Crippen molar-refractivity contribution < 1.29 is 14.9 Å². The maximum atomic E-state index is 8.82. The smallest absolute Gasteiger partial charge is 0.176 e. The lowest BCUT2D eigenvalue weighted by molar-refractivity contribution is -0.0808. The maximum absolute atomic E-state index is 8.82. The van der Waals surface area contributed by atoms with Crippen LogP contribution in [0.2, 0.25) is 0 Å². The van der Waals surface area contributed by atoms with Gasteiger partial charge in [0.05, 0.1) is 13.2 Å². The zero-order valence-electron chi connectivity index (χ0n) is 5.50. The van der Waals surface area contributed by atoms with Gasteiger partial charge >= 0.3 is 0 Å². The minimum atomic E-state index is -0.933. The van der Waals surface area contributed by atoms with Gasteiger partial charge in [-0.3, -0.25) is 0 Å². The Balaban J connectivity index is 3.27. The van der Waals surface area contributed by atoms with Gasteiger partial charge in [0, 0.05) is 0 Å². The van der Waals surface area contributed by atoms with Gasteiger partial charge in [-0.2, -0.15) is 0 Å². The molecule has 0 aliphatic rings. The molecule has 0 aliphatic heterocycles. The van der Waals surface area contributed by atoms with Crippen molar-refractivity contribution in [3.63, 3.8) is 0 Å². The van der Waals surface area contributed by atoms with Gasteiger partial charge in [0.1, 0.15) is 0 Å². The van der Waals surface area contributed by atoms with Crippen LogP contribution < -0.4 is 0 Å². The van der Waals surface area contributed by atoms with Crippen LogP contribution in [0, 0.1) is 0 Å². The number of hydrogen-bond donors (Lipinski definition) is 2. The molecule has 0 fully saturated rings. The van der Waals surface area contributed by atoms with E-state index in [0.29, 0.717) is 5.57 Å². The first-order valence-electron chi connectivity index (χ1n) is 2.74. The average molecular weight is 132 g/mol. The normalized spacial score (nSPS) is 13.2. The monoisotopic (exact) mass is 132 g/mol. The largest absolute Gasteiger partial charge is 0.394 e. The second kappa shape index (κ2) is 4.49. The molecule has 0 amide bonds. The summed E-state index contributed by atoms with van der Waals surface area (Å²) in [5.41, 5.74) is 0.545. The summed E-state index contributed by atoms with van der Waals surface area (Å²) >= 11 is 0. The van der Waals surface area contributed by atoms with E-state index in [-0.39, 0.29) is 13.2 Å². The van der Waals surface area contributed by atoms with E-state index in [1.54, 1.807) is 6.92 Å². The summed E-state index contributed by atoms with van der Waals surface area (Å²) in [6, 6.07) is 0. The van der Waals surface area contributed by atoms with Gasteiger partial charge in [-0.25, -0.2) is 0 Å². The second-order valence-electron chi connectivity index (χ2n) is 1.79. The fourth-order valence-electron chi connectivity index (χ4n) is 0.307. The van der Waals surface area contributed by atoms with E-state index in [1.165, 1.54) is 0 Å². The number of ether oxygens (including phenoxy) is 1. The van der Waals surface area contributed by atoms with Crippen molar-refractivity contribution in [1.82, 2.24) is 0 Å². The average Bonchev–Trinajstić information content (AvgIpc) is 1.82. The third-order valence-electron chi connectivity index (χ3n) is 0.789. The molecule has 1 unspecified atom stereocenters. The molecule has 0 radical (unpaired) electrons. The first-order valence-corrected chi connectivity index (χ1v) is 2.74. The van der Waals surface area contributed by atoms with Gasteiger partial charge in [-0.05, 0) is 12.5 Å². The molecule has 0 aromatic heterocycles. The Kier molecular flexibility index (Phi) is 4.30.